The second kappa shape index (κ2) is 8.10. The number of aromatic nitrogens is 2. The van der Waals surface area contributed by atoms with Crippen molar-refractivity contribution in [2.24, 2.45) is 0 Å². The van der Waals surface area contributed by atoms with E-state index in [1.807, 2.05) is 6.07 Å². The summed E-state index contributed by atoms with van der Waals surface area (Å²) in [6, 6.07) is 13.4. The Balaban J connectivity index is 1.51. The molecular weight excluding hydrogens is 463 g/mol. The second-order valence-corrected chi connectivity index (χ2v) is 7.71. The Bertz CT molecular complexity index is 1080. The lowest BCUT2D eigenvalue weighted by Gasteiger charge is -2.36. The summed E-state index contributed by atoms with van der Waals surface area (Å²) in [5.74, 6) is -0.201. The van der Waals surface area contributed by atoms with Crippen LogP contribution in [0.15, 0.2) is 53.0 Å². The van der Waals surface area contributed by atoms with Gasteiger partial charge in [0.15, 0.2) is 11.5 Å². The molecule has 156 valence electrons. The van der Waals surface area contributed by atoms with Crippen LogP contribution in [-0.4, -0.2) is 47.1 Å². The Morgan fingerprint density at radius 1 is 0.967 bits per heavy atom. The van der Waals surface area contributed by atoms with Gasteiger partial charge in [-0.2, -0.15) is 13.2 Å². The minimum absolute atomic E-state index is 0.195. The molecule has 4 rings (SSSR count). The van der Waals surface area contributed by atoms with Crippen molar-refractivity contribution < 1.29 is 18.0 Å². The maximum atomic E-state index is 13.6. The lowest BCUT2D eigenvalue weighted by Crippen LogP contribution is -2.50. The van der Waals surface area contributed by atoms with Crippen molar-refractivity contribution >= 4 is 44.5 Å². The molecule has 0 atom stereocenters. The molecule has 0 aliphatic carbocycles. The van der Waals surface area contributed by atoms with Crippen LogP contribution in [0.1, 0.15) is 5.69 Å². The first-order valence-electron chi connectivity index (χ1n) is 9.22. The van der Waals surface area contributed by atoms with Gasteiger partial charge in [0.2, 0.25) is 0 Å². The second-order valence-electron chi connectivity index (χ2n) is 6.80. The van der Waals surface area contributed by atoms with Gasteiger partial charge in [0.1, 0.15) is 0 Å². The van der Waals surface area contributed by atoms with Crippen LogP contribution in [0.2, 0.25) is 0 Å². The van der Waals surface area contributed by atoms with Crippen molar-refractivity contribution in [3.8, 4) is 0 Å². The molecule has 2 amide bonds. The Hall–Kier alpha value is -2.88. The minimum Gasteiger partial charge on any atom is -0.351 e. The summed E-state index contributed by atoms with van der Waals surface area (Å²) in [7, 11) is 0. The topological polar surface area (TPSA) is 61.4 Å². The van der Waals surface area contributed by atoms with Gasteiger partial charge in [0.25, 0.3) is 0 Å². The molecule has 0 saturated carbocycles. The predicted octanol–water partition coefficient (Wildman–Crippen LogP) is 4.77. The number of piperazine rings is 1. The standard InChI is InChI=1S/C20H17BrF3N5O/c21-13-4-3-5-14(12-13)25-19(30)29-10-8-28(9-11-29)18-17(20(22,23)24)26-15-6-1-2-7-16(15)27-18/h1-7,12H,8-11H2,(H,25,30). The summed E-state index contributed by atoms with van der Waals surface area (Å²) in [5.41, 5.74) is 0.223. The van der Waals surface area contributed by atoms with E-state index in [2.05, 4.69) is 31.2 Å². The number of carbonyl (C=O) groups is 1. The molecule has 1 aliphatic heterocycles. The number of alkyl halides is 3. The molecule has 0 bridgehead atoms. The number of nitrogens with one attached hydrogen (secondary N) is 1. The van der Waals surface area contributed by atoms with Gasteiger partial charge in [0, 0.05) is 36.3 Å². The van der Waals surface area contributed by atoms with Crippen molar-refractivity contribution in [3.63, 3.8) is 0 Å². The SMILES string of the molecule is O=C(Nc1cccc(Br)c1)N1CCN(c2nc3ccccc3nc2C(F)(F)F)CC1. The van der Waals surface area contributed by atoms with E-state index in [4.69, 9.17) is 0 Å². The number of urea groups is 1. The maximum absolute atomic E-state index is 13.6. The average Bonchev–Trinajstić information content (AvgIpc) is 2.72. The Labute approximate surface area is 178 Å². The van der Waals surface area contributed by atoms with Gasteiger partial charge >= 0.3 is 12.2 Å². The number of anilines is 2. The molecule has 0 spiro atoms. The molecule has 2 heterocycles. The van der Waals surface area contributed by atoms with E-state index >= 15 is 0 Å². The highest BCUT2D eigenvalue weighted by Crippen LogP contribution is 2.35. The molecule has 1 N–H and O–H groups in total. The quantitative estimate of drug-likeness (QED) is 0.575. The third kappa shape index (κ3) is 4.33. The third-order valence-electron chi connectivity index (χ3n) is 4.76. The number of hydrogen-bond donors (Lipinski definition) is 1. The van der Waals surface area contributed by atoms with E-state index in [0.29, 0.717) is 11.2 Å². The summed E-state index contributed by atoms with van der Waals surface area (Å²) in [6.07, 6.45) is -4.62. The summed E-state index contributed by atoms with van der Waals surface area (Å²) < 4.78 is 41.6. The number of para-hydroxylation sites is 2. The Morgan fingerprint density at radius 3 is 2.27 bits per heavy atom. The molecule has 3 aromatic rings. The van der Waals surface area contributed by atoms with E-state index in [0.717, 1.165) is 4.47 Å². The van der Waals surface area contributed by atoms with Crippen molar-refractivity contribution in [2.75, 3.05) is 36.4 Å². The highest BCUT2D eigenvalue weighted by atomic mass is 79.9. The molecule has 6 nitrogen and oxygen atoms in total. The minimum atomic E-state index is -4.62. The maximum Gasteiger partial charge on any atom is 0.437 e. The number of carbonyl (C=O) groups excluding carboxylic acids is 1. The zero-order valence-corrected chi connectivity index (χ0v) is 17.2. The van der Waals surface area contributed by atoms with Gasteiger partial charge < -0.3 is 15.1 Å². The number of amides is 2. The van der Waals surface area contributed by atoms with E-state index in [9.17, 15) is 18.0 Å². The van der Waals surface area contributed by atoms with E-state index < -0.39 is 11.9 Å². The van der Waals surface area contributed by atoms with Crippen LogP contribution in [0, 0.1) is 0 Å². The molecule has 0 unspecified atom stereocenters. The molecule has 1 saturated heterocycles. The summed E-state index contributed by atoms with van der Waals surface area (Å²) in [5, 5.41) is 2.80. The fourth-order valence-corrected chi connectivity index (χ4v) is 3.69. The predicted molar refractivity (Wildman–Crippen MR) is 111 cm³/mol. The van der Waals surface area contributed by atoms with Gasteiger partial charge in [-0.05, 0) is 30.3 Å². The number of hydrogen-bond acceptors (Lipinski definition) is 4. The van der Waals surface area contributed by atoms with Crippen molar-refractivity contribution in [1.29, 1.82) is 0 Å². The fraction of sp³-hybridized carbons (Fsp3) is 0.250. The van der Waals surface area contributed by atoms with Crippen LogP contribution in [0.5, 0.6) is 0 Å². The van der Waals surface area contributed by atoms with Gasteiger partial charge in [-0.25, -0.2) is 14.8 Å². The van der Waals surface area contributed by atoms with Gasteiger partial charge in [-0.1, -0.05) is 34.1 Å². The summed E-state index contributed by atoms with van der Waals surface area (Å²) in [6.45, 7) is 0.987. The number of fused-ring (bicyclic) bond motifs is 1. The highest BCUT2D eigenvalue weighted by Gasteiger charge is 2.39. The number of benzene rings is 2. The van der Waals surface area contributed by atoms with Crippen LogP contribution < -0.4 is 10.2 Å². The van der Waals surface area contributed by atoms with E-state index in [1.54, 1.807) is 41.3 Å². The van der Waals surface area contributed by atoms with Gasteiger partial charge in [-0.3, -0.25) is 0 Å². The largest absolute Gasteiger partial charge is 0.437 e. The van der Waals surface area contributed by atoms with Crippen LogP contribution in [0.4, 0.5) is 29.5 Å². The number of halogens is 4. The number of nitrogens with zero attached hydrogens (tertiary/aromatic N) is 4. The Kier molecular flexibility index (Phi) is 5.50. The van der Waals surface area contributed by atoms with Crippen LogP contribution >= 0.6 is 15.9 Å². The first-order chi connectivity index (χ1) is 14.3. The van der Waals surface area contributed by atoms with Crippen molar-refractivity contribution in [3.05, 3.63) is 58.7 Å². The van der Waals surface area contributed by atoms with E-state index in [1.165, 1.54) is 11.0 Å². The van der Waals surface area contributed by atoms with Crippen molar-refractivity contribution in [2.45, 2.75) is 6.18 Å². The number of rotatable bonds is 2. The monoisotopic (exact) mass is 479 g/mol. The smallest absolute Gasteiger partial charge is 0.351 e. The third-order valence-corrected chi connectivity index (χ3v) is 5.26. The van der Waals surface area contributed by atoms with Crippen LogP contribution in [-0.2, 0) is 6.18 Å². The van der Waals surface area contributed by atoms with Crippen LogP contribution in [0.3, 0.4) is 0 Å². The lowest BCUT2D eigenvalue weighted by atomic mass is 10.2. The lowest BCUT2D eigenvalue weighted by molar-refractivity contribution is -0.140. The first-order valence-corrected chi connectivity index (χ1v) is 10.0. The van der Waals surface area contributed by atoms with Gasteiger partial charge in [-0.15, -0.1) is 0 Å². The molecule has 1 aliphatic rings. The average molecular weight is 480 g/mol. The van der Waals surface area contributed by atoms with E-state index in [-0.39, 0.29) is 43.5 Å². The van der Waals surface area contributed by atoms with Gasteiger partial charge in [0.05, 0.1) is 11.0 Å². The molecule has 10 heteroatoms. The molecule has 0 radical (unpaired) electrons. The molecule has 1 fully saturated rings. The molecular formula is C20H17BrF3N5O. The molecule has 2 aromatic carbocycles. The van der Waals surface area contributed by atoms with Crippen molar-refractivity contribution in [1.82, 2.24) is 14.9 Å². The zero-order valence-electron chi connectivity index (χ0n) is 15.7. The van der Waals surface area contributed by atoms with Crippen LogP contribution in [0.25, 0.3) is 11.0 Å². The summed E-state index contributed by atoms with van der Waals surface area (Å²) >= 11 is 3.35. The zero-order chi connectivity index (χ0) is 21.3. The Morgan fingerprint density at radius 2 is 1.63 bits per heavy atom. The first kappa shape index (κ1) is 20.4. The fourth-order valence-electron chi connectivity index (χ4n) is 3.29. The molecule has 30 heavy (non-hydrogen) atoms. The normalized spacial score (nSPS) is 14.8. The molecule has 1 aromatic heterocycles. The summed E-state index contributed by atoms with van der Waals surface area (Å²) in [4.78, 5) is 23.6. The highest BCUT2D eigenvalue weighted by molar-refractivity contribution is 9.10.